The fraction of sp³-hybridized carbons (Fsp3) is 0.429. The molecule has 0 radical (unpaired) electrons. The first-order valence-corrected chi connectivity index (χ1v) is 8.52. The molecule has 0 bridgehead atoms. The highest BCUT2D eigenvalue weighted by Crippen LogP contribution is 2.48. The van der Waals surface area contributed by atoms with Crippen LogP contribution in [0.4, 0.5) is 11.4 Å². The Morgan fingerprint density at radius 3 is 1.87 bits per heavy atom. The van der Waals surface area contributed by atoms with E-state index < -0.39 is 0 Å². The summed E-state index contributed by atoms with van der Waals surface area (Å²) in [5, 5.41) is 0. The molecule has 0 N–H and O–H groups in total. The van der Waals surface area contributed by atoms with Crippen molar-refractivity contribution in [2.45, 2.75) is 26.2 Å². The monoisotopic (exact) mass is 308 g/mol. The first-order valence-electron chi connectivity index (χ1n) is 8.52. The number of anilines is 2. The second-order valence-corrected chi connectivity index (χ2v) is 7.64. The molecule has 0 aromatic heterocycles. The number of fused-ring (bicyclic) bond motifs is 2. The zero-order valence-electron chi connectivity index (χ0n) is 15.0. The van der Waals surface area contributed by atoms with Gasteiger partial charge in [-0.15, -0.1) is 0 Å². The van der Waals surface area contributed by atoms with Gasteiger partial charge in [0, 0.05) is 29.9 Å². The van der Waals surface area contributed by atoms with Crippen molar-refractivity contribution in [3.63, 3.8) is 0 Å². The largest absolute Gasteiger partial charge is 0.341 e. The summed E-state index contributed by atoms with van der Waals surface area (Å²) in [4.78, 5) is 4.79. The van der Waals surface area contributed by atoms with Crippen LogP contribution in [0.2, 0.25) is 0 Å². The minimum Gasteiger partial charge on any atom is -0.341 e. The molecule has 1 aliphatic rings. The lowest BCUT2D eigenvalue weighted by molar-refractivity contribution is 0.342. The SMILES string of the molecule is CC(CN(C)C)CN1c2ccccc2C(C)(C)c2ccccc21. The number of hydrogen-bond acceptors (Lipinski definition) is 2. The van der Waals surface area contributed by atoms with Crippen LogP contribution in [0.15, 0.2) is 48.5 Å². The average Bonchev–Trinajstić information content (AvgIpc) is 2.51. The molecule has 23 heavy (non-hydrogen) atoms. The normalized spacial score (nSPS) is 16.9. The number of benzene rings is 2. The van der Waals surface area contributed by atoms with E-state index in [1.54, 1.807) is 0 Å². The Balaban J connectivity index is 2.07. The standard InChI is InChI=1S/C21H28N2/c1-16(14-22(4)5)15-23-19-12-8-6-10-17(19)21(2,3)18-11-7-9-13-20(18)23/h6-13,16H,14-15H2,1-5H3. The summed E-state index contributed by atoms with van der Waals surface area (Å²) in [5.41, 5.74) is 5.63. The van der Waals surface area contributed by atoms with E-state index >= 15 is 0 Å². The van der Waals surface area contributed by atoms with Crippen molar-refractivity contribution in [1.29, 1.82) is 0 Å². The summed E-state index contributed by atoms with van der Waals surface area (Å²) < 4.78 is 0. The third-order valence-corrected chi connectivity index (χ3v) is 4.91. The molecule has 2 heteroatoms. The van der Waals surface area contributed by atoms with E-state index in [1.807, 2.05) is 0 Å². The van der Waals surface area contributed by atoms with Crippen LogP contribution in [0.3, 0.4) is 0 Å². The quantitative estimate of drug-likeness (QED) is 0.810. The van der Waals surface area contributed by atoms with E-state index in [1.165, 1.54) is 22.5 Å². The maximum atomic E-state index is 2.52. The number of para-hydroxylation sites is 2. The molecule has 2 aromatic rings. The van der Waals surface area contributed by atoms with Crippen LogP contribution in [0, 0.1) is 5.92 Å². The molecule has 2 aromatic carbocycles. The number of rotatable bonds is 4. The van der Waals surface area contributed by atoms with Crippen LogP contribution in [-0.2, 0) is 5.41 Å². The first kappa shape index (κ1) is 16.1. The Kier molecular flexibility index (Phi) is 4.20. The maximum absolute atomic E-state index is 2.52. The number of nitrogens with zero attached hydrogens (tertiary/aromatic N) is 2. The zero-order valence-corrected chi connectivity index (χ0v) is 15.0. The van der Waals surface area contributed by atoms with E-state index in [0.29, 0.717) is 5.92 Å². The van der Waals surface area contributed by atoms with Gasteiger partial charge < -0.3 is 9.80 Å². The van der Waals surface area contributed by atoms with Crippen LogP contribution in [0.5, 0.6) is 0 Å². The van der Waals surface area contributed by atoms with Gasteiger partial charge in [0.2, 0.25) is 0 Å². The Labute approximate surface area is 140 Å². The summed E-state index contributed by atoms with van der Waals surface area (Å²) in [6.45, 7) is 9.16. The molecule has 0 saturated carbocycles. The fourth-order valence-corrected chi connectivity index (χ4v) is 3.94. The highest BCUT2D eigenvalue weighted by Gasteiger charge is 2.35. The van der Waals surface area contributed by atoms with Gasteiger partial charge >= 0.3 is 0 Å². The third kappa shape index (κ3) is 2.88. The molecule has 1 aliphatic heterocycles. The van der Waals surface area contributed by atoms with Gasteiger partial charge in [0.15, 0.2) is 0 Å². The summed E-state index contributed by atoms with van der Waals surface area (Å²) in [7, 11) is 4.30. The lowest BCUT2D eigenvalue weighted by atomic mass is 9.73. The molecular weight excluding hydrogens is 280 g/mol. The topological polar surface area (TPSA) is 6.48 Å². The molecule has 0 fully saturated rings. The van der Waals surface area contributed by atoms with Gasteiger partial charge in [0.1, 0.15) is 0 Å². The molecule has 0 saturated heterocycles. The van der Waals surface area contributed by atoms with Gasteiger partial charge in [-0.05, 0) is 43.3 Å². The molecule has 0 spiro atoms. The highest BCUT2D eigenvalue weighted by atomic mass is 15.2. The van der Waals surface area contributed by atoms with E-state index in [9.17, 15) is 0 Å². The van der Waals surface area contributed by atoms with Crippen LogP contribution in [0.1, 0.15) is 31.9 Å². The summed E-state index contributed by atoms with van der Waals surface area (Å²) in [5.74, 6) is 0.604. The number of hydrogen-bond donors (Lipinski definition) is 0. The molecule has 3 rings (SSSR count). The van der Waals surface area contributed by atoms with Crippen molar-refractivity contribution in [3.8, 4) is 0 Å². The second-order valence-electron chi connectivity index (χ2n) is 7.64. The fourth-order valence-electron chi connectivity index (χ4n) is 3.94. The summed E-state index contributed by atoms with van der Waals surface area (Å²) in [6.07, 6.45) is 0. The summed E-state index contributed by atoms with van der Waals surface area (Å²) in [6, 6.07) is 17.8. The Hall–Kier alpha value is -1.80. The predicted octanol–water partition coefficient (Wildman–Crippen LogP) is 4.66. The van der Waals surface area contributed by atoms with Gasteiger partial charge in [0.05, 0.1) is 0 Å². The van der Waals surface area contributed by atoms with Gasteiger partial charge in [-0.3, -0.25) is 0 Å². The van der Waals surface area contributed by atoms with Crippen molar-refractivity contribution >= 4 is 11.4 Å². The lowest BCUT2D eigenvalue weighted by Crippen LogP contribution is -2.37. The molecule has 1 heterocycles. The van der Waals surface area contributed by atoms with Gasteiger partial charge in [-0.25, -0.2) is 0 Å². The molecule has 1 atom stereocenters. The lowest BCUT2D eigenvalue weighted by Gasteiger charge is -2.43. The molecule has 2 nitrogen and oxygen atoms in total. The highest BCUT2D eigenvalue weighted by molar-refractivity contribution is 5.77. The second kappa shape index (κ2) is 6.01. The Morgan fingerprint density at radius 1 is 0.913 bits per heavy atom. The third-order valence-electron chi connectivity index (χ3n) is 4.91. The van der Waals surface area contributed by atoms with Gasteiger partial charge in [-0.1, -0.05) is 57.2 Å². The molecule has 122 valence electrons. The first-order chi connectivity index (χ1) is 10.9. The predicted molar refractivity (Wildman–Crippen MR) is 99.7 cm³/mol. The Bertz CT molecular complexity index is 638. The Morgan fingerprint density at radius 2 is 1.39 bits per heavy atom. The molecule has 1 unspecified atom stereocenters. The maximum Gasteiger partial charge on any atom is 0.0452 e. The van der Waals surface area contributed by atoms with Crippen LogP contribution in [0.25, 0.3) is 0 Å². The van der Waals surface area contributed by atoms with Crippen LogP contribution in [-0.4, -0.2) is 32.1 Å². The van der Waals surface area contributed by atoms with E-state index in [2.05, 4.69) is 93.2 Å². The van der Waals surface area contributed by atoms with Crippen molar-refractivity contribution in [3.05, 3.63) is 59.7 Å². The molecule has 0 amide bonds. The van der Waals surface area contributed by atoms with E-state index in [-0.39, 0.29) is 5.41 Å². The summed E-state index contributed by atoms with van der Waals surface area (Å²) >= 11 is 0. The minimum absolute atomic E-state index is 0.0501. The molecular formula is C21H28N2. The van der Waals surface area contributed by atoms with Crippen LogP contribution < -0.4 is 4.90 Å². The smallest absolute Gasteiger partial charge is 0.0452 e. The van der Waals surface area contributed by atoms with Crippen LogP contribution >= 0.6 is 0 Å². The zero-order chi connectivity index (χ0) is 16.6. The van der Waals surface area contributed by atoms with E-state index in [0.717, 1.165) is 13.1 Å². The van der Waals surface area contributed by atoms with Gasteiger partial charge in [0.25, 0.3) is 0 Å². The molecule has 0 aliphatic carbocycles. The van der Waals surface area contributed by atoms with Crippen molar-refractivity contribution in [1.82, 2.24) is 4.90 Å². The minimum atomic E-state index is 0.0501. The van der Waals surface area contributed by atoms with Crippen molar-refractivity contribution in [2.75, 3.05) is 32.1 Å². The van der Waals surface area contributed by atoms with Crippen molar-refractivity contribution < 1.29 is 0 Å². The van der Waals surface area contributed by atoms with Gasteiger partial charge in [-0.2, -0.15) is 0 Å². The van der Waals surface area contributed by atoms with E-state index in [4.69, 9.17) is 0 Å². The van der Waals surface area contributed by atoms with Crippen molar-refractivity contribution in [2.24, 2.45) is 5.92 Å². The average molecular weight is 308 g/mol.